The topological polar surface area (TPSA) is 76.8 Å². The van der Waals surface area contributed by atoms with E-state index in [4.69, 9.17) is 14.0 Å². The first-order valence-corrected chi connectivity index (χ1v) is 10.2. The van der Waals surface area contributed by atoms with Crippen molar-refractivity contribution < 1.29 is 18.8 Å². The predicted octanol–water partition coefficient (Wildman–Crippen LogP) is 3.83. The van der Waals surface area contributed by atoms with Crippen molar-refractivity contribution in [1.82, 2.24) is 10.1 Å². The number of hydrogen-bond donors (Lipinski definition) is 1. The fourth-order valence-corrected chi connectivity index (χ4v) is 3.93. The first-order valence-electron chi connectivity index (χ1n) is 10.2. The standard InChI is InChI=1S/C23H23N3O4/c27-23(22-14-19(25-30-22)16-5-2-1-3-6-16)26-10-4-7-18(15-26)24-17-8-9-20-21(13-17)29-12-11-28-20/h1-3,5-6,8-9,13-14,18,24H,4,7,10-12,15H2. The van der Waals surface area contributed by atoms with Crippen molar-refractivity contribution in [2.75, 3.05) is 31.6 Å². The molecule has 1 fully saturated rings. The molecule has 7 heteroatoms. The molecule has 2 aliphatic heterocycles. The Hall–Kier alpha value is -3.48. The Bertz CT molecular complexity index is 1030. The number of hydrogen-bond acceptors (Lipinski definition) is 6. The fourth-order valence-electron chi connectivity index (χ4n) is 3.93. The van der Waals surface area contributed by atoms with Crippen LogP contribution in [-0.2, 0) is 0 Å². The van der Waals surface area contributed by atoms with Gasteiger partial charge in [0.1, 0.15) is 18.9 Å². The number of carbonyl (C=O) groups excluding carboxylic acids is 1. The summed E-state index contributed by atoms with van der Waals surface area (Å²) >= 11 is 0. The van der Waals surface area contributed by atoms with E-state index in [1.165, 1.54) is 0 Å². The van der Waals surface area contributed by atoms with Gasteiger partial charge in [-0.1, -0.05) is 35.5 Å². The molecule has 7 nitrogen and oxygen atoms in total. The van der Waals surface area contributed by atoms with E-state index in [9.17, 15) is 4.79 Å². The highest BCUT2D eigenvalue weighted by molar-refractivity contribution is 5.92. The highest BCUT2D eigenvalue weighted by Gasteiger charge is 2.27. The van der Waals surface area contributed by atoms with Gasteiger partial charge in [0, 0.05) is 42.5 Å². The second kappa shape index (κ2) is 8.10. The lowest BCUT2D eigenvalue weighted by atomic mass is 10.0. The maximum absolute atomic E-state index is 13.0. The van der Waals surface area contributed by atoms with Crippen molar-refractivity contribution in [1.29, 1.82) is 0 Å². The molecule has 0 radical (unpaired) electrons. The monoisotopic (exact) mass is 405 g/mol. The summed E-state index contributed by atoms with van der Waals surface area (Å²) < 4.78 is 16.6. The Morgan fingerprint density at radius 2 is 1.87 bits per heavy atom. The normalized spacial score (nSPS) is 18.1. The van der Waals surface area contributed by atoms with Crippen molar-refractivity contribution in [2.24, 2.45) is 0 Å². The minimum atomic E-state index is -0.127. The number of likely N-dealkylation sites (tertiary alicyclic amines) is 1. The molecule has 2 aliphatic rings. The van der Waals surface area contributed by atoms with Crippen molar-refractivity contribution >= 4 is 11.6 Å². The van der Waals surface area contributed by atoms with Gasteiger partial charge >= 0.3 is 0 Å². The summed E-state index contributed by atoms with van der Waals surface area (Å²) in [6.07, 6.45) is 1.91. The second-order valence-corrected chi connectivity index (χ2v) is 7.54. The van der Waals surface area contributed by atoms with E-state index in [2.05, 4.69) is 10.5 Å². The maximum Gasteiger partial charge on any atom is 0.292 e. The molecule has 5 rings (SSSR count). The number of aromatic nitrogens is 1. The van der Waals surface area contributed by atoms with E-state index in [0.717, 1.165) is 35.6 Å². The van der Waals surface area contributed by atoms with Crippen LogP contribution in [0.15, 0.2) is 59.1 Å². The molecule has 1 amide bonds. The van der Waals surface area contributed by atoms with Crippen LogP contribution < -0.4 is 14.8 Å². The van der Waals surface area contributed by atoms with Crippen LogP contribution in [0, 0.1) is 0 Å². The Balaban J connectivity index is 1.25. The second-order valence-electron chi connectivity index (χ2n) is 7.54. The van der Waals surface area contributed by atoms with Crippen LogP contribution in [0.25, 0.3) is 11.3 Å². The molecule has 1 atom stereocenters. The lowest BCUT2D eigenvalue weighted by molar-refractivity contribution is 0.0673. The molecular formula is C23H23N3O4. The number of piperidine rings is 1. The van der Waals surface area contributed by atoms with Crippen molar-refractivity contribution in [2.45, 2.75) is 18.9 Å². The smallest absolute Gasteiger partial charge is 0.292 e. The summed E-state index contributed by atoms with van der Waals surface area (Å²) in [5.74, 6) is 1.67. The molecule has 1 saturated heterocycles. The molecule has 30 heavy (non-hydrogen) atoms. The summed E-state index contributed by atoms with van der Waals surface area (Å²) in [7, 11) is 0. The molecule has 3 aromatic rings. The van der Waals surface area contributed by atoms with Crippen molar-refractivity contribution in [3.8, 4) is 22.8 Å². The third-order valence-electron chi connectivity index (χ3n) is 5.41. The number of ether oxygens (including phenoxy) is 2. The number of anilines is 1. The largest absolute Gasteiger partial charge is 0.486 e. The number of carbonyl (C=O) groups is 1. The summed E-state index contributed by atoms with van der Waals surface area (Å²) in [4.78, 5) is 14.8. The third-order valence-corrected chi connectivity index (χ3v) is 5.41. The van der Waals surface area contributed by atoms with Gasteiger partial charge < -0.3 is 24.2 Å². The molecule has 3 heterocycles. The van der Waals surface area contributed by atoms with Crippen LogP contribution in [0.2, 0.25) is 0 Å². The molecule has 0 bridgehead atoms. The fraction of sp³-hybridized carbons (Fsp3) is 0.304. The van der Waals surface area contributed by atoms with E-state index in [1.807, 2.05) is 53.4 Å². The van der Waals surface area contributed by atoms with Gasteiger partial charge in [-0.2, -0.15) is 0 Å². The molecule has 0 saturated carbocycles. The molecule has 1 N–H and O–H groups in total. The molecule has 154 valence electrons. The lowest BCUT2D eigenvalue weighted by Gasteiger charge is -2.33. The molecule has 1 aromatic heterocycles. The molecule has 0 spiro atoms. The molecule has 0 aliphatic carbocycles. The Morgan fingerprint density at radius 1 is 1.03 bits per heavy atom. The molecule has 2 aromatic carbocycles. The van der Waals surface area contributed by atoms with Gasteiger partial charge in [-0.3, -0.25) is 4.79 Å². The summed E-state index contributed by atoms with van der Waals surface area (Å²) in [6, 6.07) is 17.4. The van der Waals surface area contributed by atoms with Crippen LogP contribution in [0.1, 0.15) is 23.4 Å². The summed E-state index contributed by atoms with van der Waals surface area (Å²) in [6.45, 7) is 2.45. The van der Waals surface area contributed by atoms with Gasteiger partial charge in [0.15, 0.2) is 11.5 Å². The zero-order valence-corrected chi connectivity index (χ0v) is 16.5. The minimum Gasteiger partial charge on any atom is -0.486 e. The Morgan fingerprint density at radius 3 is 2.73 bits per heavy atom. The first-order chi connectivity index (χ1) is 14.8. The van der Waals surface area contributed by atoms with Gasteiger partial charge in [0.2, 0.25) is 5.76 Å². The van der Waals surface area contributed by atoms with Gasteiger partial charge in [-0.15, -0.1) is 0 Å². The zero-order valence-electron chi connectivity index (χ0n) is 16.5. The number of rotatable bonds is 4. The van der Waals surface area contributed by atoms with Crippen molar-refractivity contribution in [3.05, 3.63) is 60.4 Å². The van der Waals surface area contributed by atoms with Gasteiger partial charge in [-0.25, -0.2) is 0 Å². The van der Waals surface area contributed by atoms with Gasteiger partial charge in [0.25, 0.3) is 5.91 Å². The van der Waals surface area contributed by atoms with Crippen LogP contribution in [0.5, 0.6) is 11.5 Å². The zero-order chi connectivity index (χ0) is 20.3. The van der Waals surface area contributed by atoms with E-state index in [1.54, 1.807) is 6.07 Å². The van der Waals surface area contributed by atoms with E-state index >= 15 is 0 Å². The SMILES string of the molecule is O=C(c1cc(-c2ccccc2)no1)N1CCCC(Nc2ccc3c(c2)OCCO3)C1. The number of fused-ring (bicyclic) bond motifs is 1. The summed E-state index contributed by atoms with van der Waals surface area (Å²) in [5.41, 5.74) is 2.56. The highest BCUT2D eigenvalue weighted by Crippen LogP contribution is 2.33. The number of nitrogens with one attached hydrogen (secondary N) is 1. The highest BCUT2D eigenvalue weighted by atomic mass is 16.6. The Labute approximate surface area is 174 Å². The van der Waals surface area contributed by atoms with Crippen LogP contribution in [0.3, 0.4) is 0 Å². The minimum absolute atomic E-state index is 0.127. The third kappa shape index (κ3) is 3.83. The van der Waals surface area contributed by atoms with Crippen LogP contribution in [0.4, 0.5) is 5.69 Å². The van der Waals surface area contributed by atoms with Gasteiger partial charge in [-0.05, 0) is 25.0 Å². The first kappa shape index (κ1) is 18.5. The molecule has 1 unspecified atom stereocenters. The average molecular weight is 405 g/mol. The van der Waals surface area contributed by atoms with Crippen LogP contribution in [-0.4, -0.2) is 48.3 Å². The average Bonchev–Trinajstić information content (AvgIpc) is 3.30. The predicted molar refractivity (Wildman–Crippen MR) is 112 cm³/mol. The number of nitrogens with zero attached hydrogens (tertiary/aromatic N) is 2. The van der Waals surface area contributed by atoms with Crippen molar-refractivity contribution in [3.63, 3.8) is 0 Å². The number of amides is 1. The van der Waals surface area contributed by atoms with E-state index < -0.39 is 0 Å². The van der Waals surface area contributed by atoms with E-state index in [-0.39, 0.29) is 17.7 Å². The van der Waals surface area contributed by atoms with Crippen LogP contribution >= 0.6 is 0 Å². The van der Waals surface area contributed by atoms with Gasteiger partial charge in [0.05, 0.1) is 0 Å². The molecular weight excluding hydrogens is 382 g/mol. The quantitative estimate of drug-likeness (QED) is 0.711. The van der Waals surface area contributed by atoms with E-state index in [0.29, 0.717) is 32.0 Å². The maximum atomic E-state index is 13.0. The lowest BCUT2D eigenvalue weighted by Crippen LogP contribution is -2.45. The summed E-state index contributed by atoms with van der Waals surface area (Å²) in [5, 5.41) is 7.59. The Kier molecular flexibility index (Phi) is 5.01. The number of benzene rings is 2.